The largest absolute Gasteiger partial charge is 0.299 e. The van der Waals surface area contributed by atoms with Gasteiger partial charge >= 0.3 is 0 Å². The molecule has 2 unspecified atom stereocenters. The maximum Gasteiger partial charge on any atom is 0.260 e. The van der Waals surface area contributed by atoms with Gasteiger partial charge in [-0.25, -0.2) is 8.42 Å². The second-order valence-corrected chi connectivity index (χ2v) is 7.42. The van der Waals surface area contributed by atoms with Crippen LogP contribution in [0.25, 0.3) is 0 Å². The second kappa shape index (κ2) is 4.96. The molecule has 1 aromatic rings. The number of rotatable bonds is 3. The average molecular weight is 297 g/mol. The van der Waals surface area contributed by atoms with Crippen molar-refractivity contribution in [3.63, 3.8) is 0 Å². The van der Waals surface area contributed by atoms with E-state index in [9.17, 15) is 13.2 Å². The molecule has 0 amide bonds. The Bertz CT molecular complexity index is 623. The highest BCUT2D eigenvalue weighted by Crippen LogP contribution is 2.36. The summed E-state index contributed by atoms with van der Waals surface area (Å²) in [5.74, 6) is 0.114. The highest BCUT2D eigenvalue weighted by atomic mass is 32.2. The molecule has 1 aliphatic heterocycles. The molecule has 0 bridgehead atoms. The van der Waals surface area contributed by atoms with Gasteiger partial charge in [-0.15, -0.1) is 0 Å². The van der Waals surface area contributed by atoms with Gasteiger partial charge in [0, 0.05) is 32.0 Å². The average Bonchev–Trinajstić information content (AvgIpc) is 3.07. The van der Waals surface area contributed by atoms with Crippen LogP contribution in [0.2, 0.25) is 0 Å². The zero-order valence-electron chi connectivity index (χ0n) is 11.5. The van der Waals surface area contributed by atoms with Gasteiger partial charge in [-0.1, -0.05) is 0 Å². The quantitative estimate of drug-likeness (QED) is 0.832. The van der Waals surface area contributed by atoms with Gasteiger partial charge in [-0.3, -0.25) is 9.48 Å². The molecule has 1 aromatic heterocycles. The number of hydrogen-bond acceptors (Lipinski definition) is 4. The summed E-state index contributed by atoms with van der Waals surface area (Å²) in [7, 11) is -1.93. The van der Waals surface area contributed by atoms with Crippen molar-refractivity contribution in [2.24, 2.45) is 13.0 Å². The highest BCUT2D eigenvalue weighted by molar-refractivity contribution is 7.89. The van der Waals surface area contributed by atoms with Gasteiger partial charge in [0.25, 0.3) is 10.0 Å². The predicted octanol–water partition coefficient (Wildman–Crippen LogP) is 0.942. The van der Waals surface area contributed by atoms with Gasteiger partial charge in [-0.2, -0.15) is 9.40 Å². The van der Waals surface area contributed by atoms with Gasteiger partial charge in [0.2, 0.25) is 0 Å². The van der Waals surface area contributed by atoms with E-state index in [0.29, 0.717) is 13.0 Å². The van der Waals surface area contributed by atoms with Crippen LogP contribution in [0.5, 0.6) is 0 Å². The fourth-order valence-electron chi connectivity index (χ4n) is 3.45. The molecule has 6 nitrogen and oxygen atoms in total. The Hall–Kier alpha value is -1.21. The number of hydrogen-bond donors (Lipinski definition) is 0. The molecule has 1 aliphatic carbocycles. The van der Waals surface area contributed by atoms with E-state index < -0.39 is 10.0 Å². The molecule has 7 heteroatoms. The number of ketones is 1. The van der Waals surface area contributed by atoms with Crippen molar-refractivity contribution in [3.05, 3.63) is 12.3 Å². The van der Waals surface area contributed by atoms with Crippen molar-refractivity contribution in [1.82, 2.24) is 14.1 Å². The van der Waals surface area contributed by atoms with Crippen molar-refractivity contribution in [3.8, 4) is 0 Å². The van der Waals surface area contributed by atoms with E-state index in [1.807, 2.05) is 0 Å². The topological polar surface area (TPSA) is 72.3 Å². The Morgan fingerprint density at radius 1 is 1.30 bits per heavy atom. The molecule has 20 heavy (non-hydrogen) atoms. The predicted molar refractivity (Wildman–Crippen MR) is 72.5 cm³/mol. The molecule has 2 atom stereocenters. The van der Waals surface area contributed by atoms with Crippen LogP contribution in [0.1, 0.15) is 32.1 Å². The summed E-state index contributed by atoms with van der Waals surface area (Å²) < 4.78 is 28.4. The third-order valence-corrected chi connectivity index (χ3v) is 6.41. The maximum absolute atomic E-state index is 12.7. The monoisotopic (exact) mass is 297 g/mol. The van der Waals surface area contributed by atoms with Crippen LogP contribution in [-0.2, 0) is 21.9 Å². The summed E-state index contributed by atoms with van der Waals surface area (Å²) in [4.78, 5) is 11.9. The van der Waals surface area contributed by atoms with Crippen LogP contribution in [0.4, 0.5) is 0 Å². The molecule has 2 heterocycles. The zero-order valence-corrected chi connectivity index (χ0v) is 12.3. The molecule has 2 aliphatic rings. The van der Waals surface area contributed by atoms with Crippen LogP contribution in [-0.4, -0.2) is 40.9 Å². The van der Waals surface area contributed by atoms with E-state index in [0.717, 1.165) is 25.7 Å². The lowest BCUT2D eigenvalue weighted by Gasteiger charge is -2.27. The molecular weight excluding hydrogens is 278 g/mol. The minimum atomic E-state index is -3.55. The Morgan fingerprint density at radius 2 is 2.10 bits per heavy atom. The molecule has 3 rings (SSSR count). The SMILES string of the molecule is Cn1nccc1S(=O)(=O)N1CCCC1C1CCCC1=O. The van der Waals surface area contributed by atoms with Crippen LogP contribution >= 0.6 is 0 Å². The second-order valence-electron chi connectivity index (χ2n) is 5.58. The Labute approximate surface area is 118 Å². The van der Waals surface area contributed by atoms with E-state index >= 15 is 0 Å². The van der Waals surface area contributed by atoms with E-state index in [-0.39, 0.29) is 22.8 Å². The number of sulfonamides is 1. The van der Waals surface area contributed by atoms with Crippen molar-refractivity contribution in [2.75, 3.05) is 6.54 Å². The maximum atomic E-state index is 12.7. The number of aryl methyl sites for hydroxylation is 1. The summed E-state index contributed by atoms with van der Waals surface area (Å²) in [6.07, 6.45) is 5.40. The number of aromatic nitrogens is 2. The first kappa shape index (κ1) is 13.8. The number of Topliss-reactive ketones (excluding diaryl/α,β-unsaturated/α-hetero) is 1. The van der Waals surface area contributed by atoms with Crippen molar-refractivity contribution < 1.29 is 13.2 Å². The normalized spacial score (nSPS) is 28.4. The van der Waals surface area contributed by atoms with Gasteiger partial charge in [0.1, 0.15) is 5.78 Å². The summed E-state index contributed by atoms with van der Waals surface area (Å²) in [6, 6.07) is 1.35. The first-order chi connectivity index (χ1) is 9.51. The van der Waals surface area contributed by atoms with Gasteiger partial charge in [0.05, 0.1) is 6.20 Å². The molecule has 110 valence electrons. The fourth-order valence-corrected chi connectivity index (χ4v) is 5.28. The Kier molecular flexibility index (Phi) is 3.41. The van der Waals surface area contributed by atoms with Crippen molar-refractivity contribution >= 4 is 15.8 Å². The molecular formula is C13H19N3O3S. The smallest absolute Gasteiger partial charge is 0.260 e. The molecule has 0 radical (unpaired) electrons. The van der Waals surface area contributed by atoms with Crippen LogP contribution < -0.4 is 0 Å². The lowest BCUT2D eigenvalue weighted by atomic mass is 9.96. The Morgan fingerprint density at radius 3 is 2.70 bits per heavy atom. The van der Waals surface area contributed by atoms with Gasteiger partial charge in [0.15, 0.2) is 5.03 Å². The zero-order chi connectivity index (χ0) is 14.3. The standard InChI is InChI=1S/C13H19N3O3S/c1-15-13(7-8-14-15)20(18,19)16-9-3-5-11(16)10-4-2-6-12(10)17/h7-8,10-11H,2-6,9H2,1H3. The van der Waals surface area contributed by atoms with Crippen molar-refractivity contribution in [2.45, 2.75) is 43.2 Å². The molecule has 1 saturated carbocycles. The number of carbonyl (C=O) groups excluding carboxylic acids is 1. The van der Waals surface area contributed by atoms with E-state index in [1.54, 1.807) is 7.05 Å². The summed E-state index contributed by atoms with van der Waals surface area (Å²) in [5, 5.41) is 4.14. The van der Waals surface area contributed by atoms with E-state index in [1.165, 1.54) is 21.3 Å². The van der Waals surface area contributed by atoms with E-state index in [2.05, 4.69) is 5.10 Å². The third kappa shape index (κ3) is 2.09. The lowest BCUT2D eigenvalue weighted by molar-refractivity contribution is -0.121. The molecule has 2 fully saturated rings. The molecule has 0 spiro atoms. The molecule has 0 N–H and O–H groups in total. The van der Waals surface area contributed by atoms with Gasteiger partial charge < -0.3 is 0 Å². The molecule has 0 aromatic carbocycles. The van der Waals surface area contributed by atoms with Crippen LogP contribution in [0, 0.1) is 5.92 Å². The van der Waals surface area contributed by atoms with Crippen molar-refractivity contribution in [1.29, 1.82) is 0 Å². The fraction of sp³-hybridized carbons (Fsp3) is 0.692. The summed E-state index contributed by atoms with van der Waals surface area (Å²) >= 11 is 0. The number of carbonyl (C=O) groups is 1. The highest BCUT2D eigenvalue weighted by Gasteiger charge is 2.44. The van der Waals surface area contributed by atoms with Crippen LogP contribution in [0.15, 0.2) is 17.3 Å². The first-order valence-electron chi connectivity index (χ1n) is 7.04. The van der Waals surface area contributed by atoms with Crippen LogP contribution in [0.3, 0.4) is 0 Å². The Balaban J connectivity index is 1.92. The summed E-state index contributed by atoms with van der Waals surface area (Å²) in [5.41, 5.74) is 0. The lowest BCUT2D eigenvalue weighted by Crippen LogP contribution is -2.41. The third-order valence-electron chi connectivity index (χ3n) is 4.41. The number of nitrogens with zero attached hydrogens (tertiary/aromatic N) is 3. The van der Waals surface area contributed by atoms with Gasteiger partial charge in [-0.05, 0) is 31.7 Å². The minimum absolute atomic E-state index is 0.111. The minimum Gasteiger partial charge on any atom is -0.299 e. The first-order valence-corrected chi connectivity index (χ1v) is 8.48. The van der Waals surface area contributed by atoms with E-state index in [4.69, 9.17) is 0 Å². The molecule has 1 saturated heterocycles. The summed E-state index contributed by atoms with van der Waals surface area (Å²) in [6.45, 7) is 0.502.